The first-order valence-corrected chi connectivity index (χ1v) is 6.66. The molecule has 0 fully saturated rings. The fourth-order valence-electron chi connectivity index (χ4n) is 2.40. The normalized spacial score (nSPS) is 17.2. The molecule has 0 bridgehead atoms. The predicted octanol–water partition coefficient (Wildman–Crippen LogP) is 2.92. The molecule has 3 N–H and O–H groups in total. The summed E-state index contributed by atoms with van der Waals surface area (Å²) in [5.41, 5.74) is 8.55. The predicted molar refractivity (Wildman–Crippen MR) is 78.1 cm³/mol. The van der Waals surface area contributed by atoms with E-state index in [-0.39, 0.29) is 12.4 Å². The Morgan fingerprint density at radius 2 is 2.22 bits per heavy atom. The van der Waals surface area contributed by atoms with Crippen LogP contribution in [0.15, 0.2) is 30.5 Å². The first-order chi connectivity index (χ1) is 8.33. The monoisotopic (exact) mass is 281 g/mol. The standard InChI is InChI=1S/C13H15N3S.ClH/c14-13-16-8-10(17-13)7-15-12-6-5-9-3-1-2-4-11(9)12;/h1-4,8,12,15H,5-7H2,(H2,14,16);1H. The maximum atomic E-state index is 5.62. The van der Waals surface area contributed by atoms with Gasteiger partial charge in [-0.3, -0.25) is 0 Å². The van der Waals surface area contributed by atoms with E-state index in [9.17, 15) is 0 Å². The van der Waals surface area contributed by atoms with Crippen molar-refractivity contribution in [3.63, 3.8) is 0 Å². The summed E-state index contributed by atoms with van der Waals surface area (Å²) < 4.78 is 0. The average molecular weight is 282 g/mol. The molecule has 5 heteroatoms. The van der Waals surface area contributed by atoms with Gasteiger partial charge in [-0.05, 0) is 24.0 Å². The summed E-state index contributed by atoms with van der Waals surface area (Å²) in [7, 11) is 0. The highest BCUT2D eigenvalue weighted by atomic mass is 35.5. The third-order valence-electron chi connectivity index (χ3n) is 3.23. The number of thiazole rings is 1. The van der Waals surface area contributed by atoms with E-state index in [2.05, 4.69) is 34.6 Å². The quantitative estimate of drug-likeness (QED) is 0.909. The van der Waals surface area contributed by atoms with Gasteiger partial charge < -0.3 is 11.1 Å². The largest absolute Gasteiger partial charge is 0.375 e. The topological polar surface area (TPSA) is 50.9 Å². The number of hydrogen-bond acceptors (Lipinski definition) is 4. The summed E-state index contributed by atoms with van der Waals surface area (Å²) in [6.45, 7) is 0.855. The molecule has 0 radical (unpaired) electrons. The molecule has 1 heterocycles. The second-order valence-corrected chi connectivity index (χ2v) is 5.48. The fraction of sp³-hybridized carbons (Fsp3) is 0.308. The van der Waals surface area contributed by atoms with Crippen LogP contribution in [0.1, 0.15) is 28.5 Å². The molecule has 1 aromatic heterocycles. The lowest BCUT2D eigenvalue weighted by Gasteiger charge is -2.12. The number of nitrogens with zero attached hydrogens (tertiary/aromatic N) is 1. The lowest BCUT2D eigenvalue weighted by atomic mass is 10.1. The highest BCUT2D eigenvalue weighted by Crippen LogP contribution is 2.31. The van der Waals surface area contributed by atoms with Gasteiger partial charge in [0, 0.05) is 23.7 Å². The van der Waals surface area contributed by atoms with Gasteiger partial charge >= 0.3 is 0 Å². The second-order valence-electron chi connectivity index (χ2n) is 4.34. The van der Waals surface area contributed by atoms with E-state index in [1.165, 1.54) is 28.8 Å². The van der Waals surface area contributed by atoms with Crippen LogP contribution in [0.4, 0.5) is 5.13 Å². The van der Waals surface area contributed by atoms with Crippen LogP contribution in [-0.4, -0.2) is 4.98 Å². The molecule has 1 unspecified atom stereocenters. The number of hydrogen-bond donors (Lipinski definition) is 2. The molecule has 18 heavy (non-hydrogen) atoms. The maximum absolute atomic E-state index is 5.62. The number of nitrogen functional groups attached to an aromatic ring is 1. The first kappa shape index (κ1) is 13.3. The minimum atomic E-state index is 0. The Balaban J connectivity index is 0.00000120. The van der Waals surface area contributed by atoms with Crippen molar-refractivity contribution >= 4 is 28.9 Å². The van der Waals surface area contributed by atoms with Crippen molar-refractivity contribution in [1.82, 2.24) is 10.3 Å². The summed E-state index contributed by atoms with van der Waals surface area (Å²) in [5, 5.41) is 4.23. The zero-order valence-corrected chi connectivity index (χ0v) is 11.6. The molecule has 1 aliphatic rings. The second kappa shape index (κ2) is 5.69. The van der Waals surface area contributed by atoms with Gasteiger partial charge in [0.05, 0.1) is 0 Å². The number of rotatable bonds is 3. The van der Waals surface area contributed by atoms with Crippen LogP contribution in [0, 0.1) is 0 Å². The molecular formula is C13H16ClN3S. The first-order valence-electron chi connectivity index (χ1n) is 5.84. The van der Waals surface area contributed by atoms with Crippen molar-refractivity contribution in [2.45, 2.75) is 25.4 Å². The minimum Gasteiger partial charge on any atom is -0.375 e. The molecule has 1 aliphatic carbocycles. The van der Waals surface area contributed by atoms with Gasteiger partial charge in [-0.15, -0.1) is 23.7 Å². The van der Waals surface area contributed by atoms with Gasteiger partial charge in [0.1, 0.15) is 0 Å². The Morgan fingerprint density at radius 3 is 3.00 bits per heavy atom. The van der Waals surface area contributed by atoms with Crippen LogP contribution in [-0.2, 0) is 13.0 Å². The molecular weight excluding hydrogens is 266 g/mol. The molecule has 3 rings (SSSR count). The van der Waals surface area contributed by atoms with Gasteiger partial charge in [-0.25, -0.2) is 4.98 Å². The lowest BCUT2D eigenvalue weighted by molar-refractivity contribution is 0.533. The summed E-state index contributed by atoms with van der Waals surface area (Å²) in [5.74, 6) is 0. The molecule has 1 atom stereocenters. The lowest BCUT2D eigenvalue weighted by Crippen LogP contribution is -2.17. The van der Waals surface area contributed by atoms with E-state index in [0.717, 1.165) is 6.54 Å². The number of anilines is 1. The van der Waals surface area contributed by atoms with Crippen LogP contribution < -0.4 is 11.1 Å². The fourth-order valence-corrected chi connectivity index (χ4v) is 3.03. The van der Waals surface area contributed by atoms with Gasteiger partial charge in [0.15, 0.2) is 5.13 Å². The van der Waals surface area contributed by atoms with E-state index in [4.69, 9.17) is 5.73 Å². The SMILES string of the molecule is Cl.Nc1ncc(CNC2CCc3ccccc32)s1. The summed E-state index contributed by atoms with van der Waals surface area (Å²) in [4.78, 5) is 5.26. The molecule has 0 spiro atoms. The zero-order valence-electron chi connectivity index (χ0n) is 9.93. The van der Waals surface area contributed by atoms with Gasteiger partial charge in [0.25, 0.3) is 0 Å². The molecule has 0 saturated heterocycles. The molecule has 2 aromatic rings. The van der Waals surface area contributed by atoms with Crippen molar-refractivity contribution in [2.24, 2.45) is 0 Å². The average Bonchev–Trinajstić information content (AvgIpc) is 2.93. The smallest absolute Gasteiger partial charge is 0.180 e. The van der Waals surface area contributed by atoms with E-state index in [1.54, 1.807) is 11.3 Å². The number of fused-ring (bicyclic) bond motifs is 1. The molecule has 1 aromatic carbocycles. The van der Waals surface area contributed by atoms with Gasteiger partial charge in [-0.2, -0.15) is 0 Å². The van der Waals surface area contributed by atoms with Crippen LogP contribution in [0.2, 0.25) is 0 Å². The van der Waals surface area contributed by atoms with E-state index < -0.39 is 0 Å². The van der Waals surface area contributed by atoms with Crippen LogP contribution in [0.25, 0.3) is 0 Å². The highest BCUT2D eigenvalue weighted by Gasteiger charge is 2.21. The van der Waals surface area contributed by atoms with Gasteiger partial charge in [0.2, 0.25) is 0 Å². The van der Waals surface area contributed by atoms with Gasteiger partial charge in [-0.1, -0.05) is 24.3 Å². The number of nitrogens with one attached hydrogen (secondary N) is 1. The molecule has 96 valence electrons. The number of benzene rings is 1. The summed E-state index contributed by atoms with van der Waals surface area (Å²) >= 11 is 1.56. The number of nitrogens with two attached hydrogens (primary N) is 1. The number of aromatic nitrogens is 1. The molecule has 0 amide bonds. The summed E-state index contributed by atoms with van der Waals surface area (Å²) in [6.07, 6.45) is 4.22. The Bertz CT molecular complexity index is 526. The number of aryl methyl sites for hydroxylation is 1. The van der Waals surface area contributed by atoms with Crippen molar-refractivity contribution < 1.29 is 0 Å². The van der Waals surface area contributed by atoms with E-state index >= 15 is 0 Å². The zero-order chi connectivity index (χ0) is 11.7. The van der Waals surface area contributed by atoms with E-state index in [0.29, 0.717) is 11.2 Å². The third kappa shape index (κ3) is 2.66. The number of halogens is 1. The Labute approximate surface area is 117 Å². The van der Waals surface area contributed by atoms with Crippen LogP contribution in [0.3, 0.4) is 0 Å². The van der Waals surface area contributed by atoms with Crippen LogP contribution in [0.5, 0.6) is 0 Å². The molecule has 3 nitrogen and oxygen atoms in total. The summed E-state index contributed by atoms with van der Waals surface area (Å²) in [6, 6.07) is 9.16. The van der Waals surface area contributed by atoms with E-state index in [1.807, 2.05) is 6.20 Å². The van der Waals surface area contributed by atoms with Crippen molar-refractivity contribution in [2.75, 3.05) is 5.73 Å². The third-order valence-corrected chi connectivity index (χ3v) is 4.05. The Kier molecular flexibility index (Phi) is 4.22. The maximum Gasteiger partial charge on any atom is 0.180 e. The van der Waals surface area contributed by atoms with Crippen molar-refractivity contribution in [3.8, 4) is 0 Å². The molecule has 0 saturated carbocycles. The Morgan fingerprint density at radius 1 is 1.39 bits per heavy atom. The Hall–Kier alpha value is -1.10. The van der Waals surface area contributed by atoms with Crippen LogP contribution >= 0.6 is 23.7 Å². The minimum absolute atomic E-state index is 0. The molecule has 0 aliphatic heterocycles. The van der Waals surface area contributed by atoms with Crippen molar-refractivity contribution in [3.05, 3.63) is 46.5 Å². The van der Waals surface area contributed by atoms with Crippen molar-refractivity contribution in [1.29, 1.82) is 0 Å². The highest BCUT2D eigenvalue weighted by molar-refractivity contribution is 7.15.